The van der Waals surface area contributed by atoms with Gasteiger partial charge in [-0.1, -0.05) is 6.07 Å². The van der Waals surface area contributed by atoms with Crippen molar-refractivity contribution in [3.63, 3.8) is 0 Å². The third-order valence-electron chi connectivity index (χ3n) is 5.31. The number of hydrogen-bond donors (Lipinski definition) is 1. The van der Waals surface area contributed by atoms with Crippen LogP contribution in [-0.4, -0.2) is 56.1 Å². The van der Waals surface area contributed by atoms with Gasteiger partial charge in [0.25, 0.3) is 0 Å². The highest BCUT2D eigenvalue weighted by atomic mass is 16.7. The Balaban J connectivity index is 1.22. The summed E-state index contributed by atoms with van der Waals surface area (Å²) < 4.78 is 10.7. The minimum absolute atomic E-state index is 0.0157. The van der Waals surface area contributed by atoms with Crippen LogP contribution in [0.1, 0.15) is 22.8 Å². The molecule has 1 saturated heterocycles. The number of anilines is 1. The van der Waals surface area contributed by atoms with Crippen LogP contribution in [0.25, 0.3) is 0 Å². The van der Waals surface area contributed by atoms with E-state index in [9.17, 15) is 9.59 Å². The van der Waals surface area contributed by atoms with E-state index in [1.807, 2.05) is 42.5 Å². The van der Waals surface area contributed by atoms with Crippen LogP contribution in [0.3, 0.4) is 0 Å². The van der Waals surface area contributed by atoms with Gasteiger partial charge in [-0.2, -0.15) is 0 Å². The van der Waals surface area contributed by atoms with Crippen molar-refractivity contribution in [2.45, 2.75) is 13.5 Å². The number of piperazine rings is 1. The predicted octanol–water partition coefficient (Wildman–Crippen LogP) is 2.06. The lowest BCUT2D eigenvalue weighted by molar-refractivity contribution is -0.122. The molecule has 2 heterocycles. The van der Waals surface area contributed by atoms with E-state index in [1.54, 1.807) is 6.92 Å². The van der Waals surface area contributed by atoms with Crippen molar-refractivity contribution in [3.05, 3.63) is 53.6 Å². The van der Waals surface area contributed by atoms with Gasteiger partial charge in [0.15, 0.2) is 17.3 Å². The van der Waals surface area contributed by atoms with Gasteiger partial charge >= 0.3 is 0 Å². The molecule has 0 aliphatic carbocycles. The number of rotatable bonds is 6. The normalized spacial score (nSPS) is 16.0. The van der Waals surface area contributed by atoms with Crippen LogP contribution in [0.5, 0.6) is 11.5 Å². The summed E-state index contributed by atoms with van der Waals surface area (Å²) in [5, 5.41) is 2.97. The third-order valence-corrected chi connectivity index (χ3v) is 5.31. The average molecular weight is 395 g/mol. The molecule has 0 atom stereocenters. The molecule has 2 aromatic rings. The summed E-state index contributed by atoms with van der Waals surface area (Å²) in [7, 11) is 0. The predicted molar refractivity (Wildman–Crippen MR) is 110 cm³/mol. The number of carbonyl (C=O) groups excluding carboxylic acids is 2. The average Bonchev–Trinajstić information content (AvgIpc) is 3.21. The van der Waals surface area contributed by atoms with Crippen LogP contribution in [0, 0.1) is 0 Å². The number of ketones is 1. The van der Waals surface area contributed by atoms with E-state index in [-0.39, 0.29) is 18.5 Å². The maximum absolute atomic E-state index is 12.3. The summed E-state index contributed by atoms with van der Waals surface area (Å²) in [6.45, 7) is 6.05. The van der Waals surface area contributed by atoms with Crippen LogP contribution in [-0.2, 0) is 11.3 Å². The Morgan fingerprint density at radius 2 is 1.69 bits per heavy atom. The molecule has 2 aliphatic rings. The lowest BCUT2D eigenvalue weighted by atomic mass is 10.1. The van der Waals surface area contributed by atoms with E-state index >= 15 is 0 Å². The number of fused-ring (bicyclic) bond motifs is 1. The van der Waals surface area contributed by atoms with Gasteiger partial charge < -0.3 is 19.7 Å². The zero-order chi connectivity index (χ0) is 20.2. The molecule has 0 unspecified atom stereocenters. The Kier molecular flexibility index (Phi) is 5.67. The number of carbonyl (C=O) groups is 2. The molecule has 0 spiro atoms. The topological polar surface area (TPSA) is 71.1 Å². The number of amides is 1. The van der Waals surface area contributed by atoms with Crippen molar-refractivity contribution < 1.29 is 19.1 Å². The molecule has 1 N–H and O–H groups in total. The van der Waals surface area contributed by atoms with E-state index in [2.05, 4.69) is 15.1 Å². The number of Topliss-reactive ketones (excluding diaryl/α,β-unsaturated/α-hetero) is 1. The van der Waals surface area contributed by atoms with Crippen molar-refractivity contribution in [2.24, 2.45) is 0 Å². The van der Waals surface area contributed by atoms with E-state index < -0.39 is 0 Å². The van der Waals surface area contributed by atoms with Crippen LogP contribution >= 0.6 is 0 Å². The minimum Gasteiger partial charge on any atom is -0.454 e. The fraction of sp³-hybridized carbons (Fsp3) is 0.364. The van der Waals surface area contributed by atoms with Crippen molar-refractivity contribution in [2.75, 3.05) is 44.4 Å². The molecule has 0 saturated carbocycles. The zero-order valence-electron chi connectivity index (χ0n) is 16.5. The lowest BCUT2D eigenvalue weighted by Gasteiger charge is -2.35. The van der Waals surface area contributed by atoms with E-state index in [4.69, 9.17) is 9.47 Å². The van der Waals surface area contributed by atoms with Crippen LogP contribution < -0.4 is 19.7 Å². The largest absolute Gasteiger partial charge is 0.454 e. The standard InChI is InChI=1S/C22H25N3O4/c1-16(26)18-3-5-19(6-4-18)25-10-8-24(9-11-25)14-22(27)23-13-17-2-7-20-21(12-17)29-15-28-20/h2-7,12H,8-11,13-15H2,1H3,(H,23,27). The Morgan fingerprint density at radius 1 is 0.966 bits per heavy atom. The van der Waals surface area contributed by atoms with Crippen LogP contribution in [0.2, 0.25) is 0 Å². The summed E-state index contributed by atoms with van der Waals surface area (Å²) in [4.78, 5) is 28.2. The summed E-state index contributed by atoms with van der Waals surface area (Å²) in [5.41, 5.74) is 2.83. The van der Waals surface area contributed by atoms with Crippen molar-refractivity contribution >= 4 is 17.4 Å². The lowest BCUT2D eigenvalue weighted by Crippen LogP contribution is -2.49. The smallest absolute Gasteiger partial charge is 0.234 e. The molecule has 0 bridgehead atoms. The minimum atomic E-state index is 0.0157. The van der Waals surface area contributed by atoms with Gasteiger partial charge in [0.1, 0.15) is 0 Å². The highest BCUT2D eigenvalue weighted by Crippen LogP contribution is 2.32. The second-order valence-corrected chi connectivity index (χ2v) is 7.33. The van der Waals surface area contributed by atoms with Gasteiger partial charge in [-0.25, -0.2) is 0 Å². The second kappa shape index (κ2) is 8.53. The molecule has 152 valence electrons. The molecule has 0 radical (unpaired) electrons. The summed E-state index contributed by atoms with van der Waals surface area (Å²) in [6.07, 6.45) is 0. The molecule has 2 aromatic carbocycles. The number of nitrogens with zero attached hydrogens (tertiary/aromatic N) is 2. The SMILES string of the molecule is CC(=O)c1ccc(N2CCN(CC(=O)NCc3ccc4c(c3)OCO4)CC2)cc1. The number of ether oxygens (including phenoxy) is 2. The molecule has 7 heteroatoms. The van der Waals surface area contributed by atoms with Gasteiger partial charge in [-0.15, -0.1) is 0 Å². The molecular formula is C22H25N3O4. The van der Waals surface area contributed by atoms with Crippen molar-refractivity contribution in [1.82, 2.24) is 10.2 Å². The number of nitrogens with one attached hydrogen (secondary N) is 1. The highest BCUT2D eigenvalue weighted by Gasteiger charge is 2.19. The van der Waals surface area contributed by atoms with Crippen molar-refractivity contribution in [3.8, 4) is 11.5 Å². The Morgan fingerprint density at radius 3 is 2.41 bits per heavy atom. The van der Waals surface area contributed by atoms with Crippen molar-refractivity contribution in [1.29, 1.82) is 0 Å². The quantitative estimate of drug-likeness (QED) is 0.755. The first-order valence-electron chi connectivity index (χ1n) is 9.82. The maximum atomic E-state index is 12.3. The molecule has 7 nitrogen and oxygen atoms in total. The Labute approximate surface area is 170 Å². The van der Waals surface area contributed by atoms with Crippen LogP contribution in [0.15, 0.2) is 42.5 Å². The third kappa shape index (κ3) is 4.68. The fourth-order valence-electron chi connectivity index (χ4n) is 3.58. The first kappa shape index (κ1) is 19.3. The van der Waals surface area contributed by atoms with Gasteiger partial charge in [-0.3, -0.25) is 14.5 Å². The molecule has 1 fully saturated rings. The van der Waals surface area contributed by atoms with Gasteiger partial charge in [0.2, 0.25) is 12.7 Å². The molecule has 4 rings (SSSR count). The number of hydrogen-bond acceptors (Lipinski definition) is 6. The molecule has 1 amide bonds. The fourth-order valence-corrected chi connectivity index (χ4v) is 3.58. The monoisotopic (exact) mass is 395 g/mol. The summed E-state index contributed by atoms with van der Waals surface area (Å²) in [5.74, 6) is 1.56. The first-order valence-corrected chi connectivity index (χ1v) is 9.82. The van der Waals surface area contributed by atoms with Gasteiger partial charge in [0, 0.05) is 44.0 Å². The van der Waals surface area contributed by atoms with Gasteiger partial charge in [0.05, 0.1) is 6.54 Å². The van der Waals surface area contributed by atoms with E-state index in [1.165, 1.54) is 0 Å². The molecular weight excluding hydrogens is 370 g/mol. The zero-order valence-corrected chi connectivity index (χ0v) is 16.5. The summed E-state index contributed by atoms with van der Waals surface area (Å²) >= 11 is 0. The molecule has 29 heavy (non-hydrogen) atoms. The number of benzene rings is 2. The van der Waals surface area contributed by atoms with E-state index in [0.717, 1.165) is 54.5 Å². The van der Waals surface area contributed by atoms with Gasteiger partial charge in [-0.05, 0) is 48.9 Å². The summed E-state index contributed by atoms with van der Waals surface area (Å²) in [6, 6.07) is 13.4. The first-order chi connectivity index (χ1) is 14.1. The highest BCUT2D eigenvalue weighted by molar-refractivity contribution is 5.94. The second-order valence-electron chi connectivity index (χ2n) is 7.33. The molecule has 0 aromatic heterocycles. The Hall–Kier alpha value is -3.06. The molecule has 2 aliphatic heterocycles. The Bertz CT molecular complexity index is 889. The van der Waals surface area contributed by atoms with E-state index in [0.29, 0.717) is 13.1 Å². The maximum Gasteiger partial charge on any atom is 0.234 e. The van der Waals surface area contributed by atoms with Crippen LogP contribution in [0.4, 0.5) is 5.69 Å².